The minimum Gasteiger partial charge on any atom is -0.481 e. The predicted octanol–water partition coefficient (Wildman–Crippen LogP) is -1.59. The maximum Gasteiger partial charge on any atom is 0.326 e. The van der Waals surface area contributed by atoms with E-state index in [9.17, 15) is 34.2 Å². The molecule has 0 radical (unpaired) electrons. The van der Waals surface area contributed by atoms with Crippen LogP contribution in [0.5, 0.6) is 0 Å². The van der Waals surface area contributed by atoms with Crippen LogP contribution in [-0.4, -0.2) is 75.8 Å². The molecule has 12 nitrogen and oxygen atoms in total. The first kappa shape index (κ1) is 28.3. The van der Waals surface area contributed by atoms with E-state index in [1.807, 2.05) is 0 Å². The van der Waals surface area contributed by atoms with Gasteiger partial charge >= 0.3 is 11.9 Å². The molecule has 0 fully saturated rings. The Balaban J connectivity index is 5.13. The van der Waals surface area contributed by atoms with Crippen molar-refractivity contribution in [1.82, 2.24) is 16.0 Å². The van der Waals surface area contributed by atoms with Gasteiger partial charge in [0.2, 0.25) is 17.7 Å². The molecule has 12 heteroatoms. The summed E-state index contributed by atoms with van der Waals surface area (Å²) >= 11 is 0. The van der Waals surface area contributed by atoms with Gasteiger partial charge in [0.25, 0.3) is 0 Å². The zero-order valence-electron chi connectivity index (χ0n) is 18.3. The Morgan fingerprint density at radius 3 is 1.81 bits per heavy atom. The number of aliphatic carboxylic acids is 2. The molecule has 4 atom stereocenters. The van der Waals surface area contributed by atoms with E-state index in [-0.39, 0.29) is 25.2 Å². The molecule has 0 aromatic heterocycles. The molecule has 0 aliphatic carbocycles. The lowest BCUT2D eigenvalue weighted by Crippen LogP contribution is -2.59. The summed E-state index contributed by atoms with van der Waals surface area (Å²) in [6, 6.07) is -4.88. The number of nitrogens with two attached hydrogens (primary N) is 1. The molecule has 31 heavy (non-hydrogen) atoms. The van der Waals surface area contributed by atoms with Crippen molar-refractivity contribution in [2.24, 2.45) is 17.6 Å². The van der Waals surface area contributed by atoms with Crippen molar-refractivity contribution >= 4 is 29.7 Å². The van der Waals surface area contributed by atoms with Gasteiger partial charge in [-0.3, -0.25) is 19.2 Å². The summed E-state index contributed by atoms with van der Waals surface area (Å²) in [7, 11) is 0. The summed E-state index contributed by atoms with van der Waals surface area (Å²) in [6.07, 6.45) is -0.283. The average Bonchev–Trinajstić information content (AvgIpc) is 2.66. The van der Waals surface area contributed by atoms with Crippen LogP contribution in [0.4, 0.5) is 0 Å². The third-order valence-electron chi connectivity index (χ3n) is 4.39. The lowest BCUT2D eigenvalue weighted by molar-refractivity contribution is -0.143. The van der Waals surface area contributed by atoms with E-state index in [1.54, 1.807) is 27.7 Å². The van der Waals surface area contributed by atoms with Gasteiger partial charge in [-0.15, -0.1) is 0 Å². The molecule has 8 N–H and O–H groups in total. The number of hydrogen-bond acceptors (Lipinski definition) is 7. The zero-order valence-corrected chi connectivity index (χ0v) is 18.3. The van der Waals surface area contributed by atoms with Gasteiger partial charge in [0.1, 0.15) is 18.1 Å². The highest BCUT2D eigenvalue weighted by Crippen LogP contribution is 2.07. The normalized spacial score (nSPS) is 15.0. The standard InChI is InChI=1S/C19H34N4O8/c1-9(2)7-12(19(30)31)21-17(28)13(8-24)22-18(29)15(10(3)4)23-16(27)11(20)5-6-14(25)26/h9-13,15,24H,5-8,20H2,1-4H3,(H,21,28)(H,22,29)(H,23,27)(H,25,26)(H,30,31). The third kappa shape index (κ3) is 10.7. The number of aliphatic hydroxyl groups is 1. The van der Waals surface area contributed by atoms with Gasteiger partial charge in [-0.05, 0) is 24.7 Å². The SMILES string of the molecule is CC(C)CC(NC(=O)C(CO)NC(=O)C(NC(=O)C(N)CCC(=O)O)C(C)C)C(=O)O. The van der Waals surface area contributed by atoms with Gasteiger partial charge in [0.15, 0.2) is 0 Å². The molecular weight excluding hydrogens is 412 g/mol. The van der Waals surface area contributed by atoms with Crippen molar-refractivity contribution in [3.8, 4) is 0 Å². The third-order valence-corrected chi connectivity index (χ3v) is 4.39. The number of aliphatic hydroxyl groups excluding tert-OH is 1. The van der Waals surface area contributed by atoms with Crippen molar-refractivity contribution in [3.63, 3.8) is 0 Å². The van der Waals surface area contributed by atoms with Gasteiger partial charge in [0.05, 0.1) is 12.6 Å². The largest absolute Gasteiger partial charge is 0.481 e. The molecule has 4 unspecified atom stereocenters. The summed E-state index contributed by atoms with van der Waals surface area (Å²) < 4.78 is 0. The highest BCUT2D eigenvalue weighted by Gasteiger charge is 2.31. The van der Waals surface area contributed by atoms with E-state index >= 15 is 0 Å². The maximum atomic E-state index is 12.6. The molecule has 0 saturated carbocycles. The Hall–Kier alpha value is -2.73. The quantitative estimate of drug-likeness (QED) is 0.164. The second-order valence-electron chi connectivity index (χ2n) is 8.04. The van der Waals surface area contributed by atoms with Gasteiger partial charge in [-0.1, -0.05) is 27.7 Å². The Morgan fingerprint density at radius 2 is 1.39 bits per heavy atom. The predicted molar refractivity (Wildman–Crippen MR) is 110 cm³/mol. The molecular formula is C19H34N4O8. The van der Waals surface area contributed by atoms with E-state index in [2.05, 4.69) is 16.0 Å². The molecule has 0 aliphatic rings. The second-order valence-corrected chi connectivity index (χ2v) is 8.04. The van der Waals surface area contributed by atoms with Crippen molar-refractivity contribution in [2.45, 2.75) is 71.1 Å². The molecule has 178 valence electrons. The smallest absolute Gasteiger partial charge is 0.326 e. The van der Waals surface area contributed by atoms with Crippen LogP contribution in [0.3, 0.4) is 0 Å². The molecule has 0 saturated heterocycles. The minimum atomic E-state index is -1.43. The lowest BCUT2D eigenvalue weighted by Gasteiger charge is -2.26. The molecule has 0 heterocycles. The van der Waals surface area contributed by atoms with Crippen LogP contribution in [0.2, 0.25) is 0 Å². The summed E-state index contributed by atoms with van der Waals surface area (Å²) in [5, 5.41) is 34.4. The number of carboxylic acid groups (broad SMARTS) is 2. The van der Waals surface area contributed by atoms with Crippen molar-refractivity contribution in [2.75, 3.05) is 6.61 Å². The van der Waals surface area contributed by atoms with Crippen LogP contribution in [0.1, 0.15) is 47.0 Å². The minimum absolute atomic E-state index is 0.0190. The fraction of sp³-hybridized carbons (Fsp3) is 0.737. The number of carbonyl (C=O) groups excluding carboxylic acids is 3. The maximum absolute atomic E-state index is 12.6. The number of nitrogens with one attached hydrogen (secondary N) is 3. The Bertz CT molecular complexity index is 653. The number of rotatable bonds is 14. The average molecular weight is 447 g/mol. The fourth-order valence-electron chi connectivity index (χ4n) is 2.63. The fourth-order valence-corrected chi connectivity index (χ4v) is 2.63. The van der Waals surface area contributed by atoms with Crippen molar-refractivity contribution in [3.05, 3.63) is 0 Å². The zero-order chi connectivity index (χ0) is 24.3. The second kappa shape index (κ2) is 13.5. The van der Waals surface area contributed by atoms with Crippen LogP contribution in [0.25, 0.3) is 0 Å². The Morgan fingerprint density at radius 1 is 0.839 bits per heavy atom. The number of amides is 3. The van der Waals surface area contributed by atoms with E-state index in [1.165, 1.54) is 0 Å². The first-order chi connectivity index (χ1) is 14.3. The topological polar surface area (TPSA) is 208 Å². The molecule has 0 bridgehead atoms. The number of hydrogen-bond donors (Lipinski definition) is 7. The van der Waals surface area contributed by atoms with Crippen LogP contribution in [-0.2, 0) is 24.0 Å². The summed E-state index contributed by atoms with van der Waals surface area (Å²) in [4.78, 5) is 59.1. The summed E-state index contributed by atoms with van der Waals surface area (Å²) in [5.41, 5.74) is 5.65. The van der Waals surface area contributed by atoms with E-state index in [4.69, 9.17) is 10.8 Å². The highest BCUT2D eigenvalue weighted by molar-refractivity contribution is 5.94. The lowest BCUT2D eigenvalue weighted by atomic mass is 10.0. The first-order valence-corrected chi connectivity index (χ1v) is 10.0. The van der Waals surface area contributed by atoms with Crippen LogP contribution >= 0.6 is 0 Å². The monoisotopic (exact) mass is 446 g/mol. The summed E-state index contributed by atoms with van der Waals surface area (Å²) in [5.74, 6) is -5.19. The molecule has 0 aromatic rings. The highest BCUT2D eigenvalue weighted by atomic mass is 16.4. The van der Waals surface area contributed by atoms with E-state index < -0.39 is 66.4 Å². The van der Waals surface area contributed by atoms with Gasteiger partial charge in [-0.25, -0.2) is 4.79 Å². The molecule has 0 spiro atoms. The molecule has 0 aromatic carbocycles. The molecule has 0 aliphatic heterocycles. The van der Waals surface area contributed by atoms with E-state index in [0.29, 0.717) is 0 Å². The Labute approximate surface area is 180 Å². The van der Waals surface area contributed by atoms with Crippen LogP contribution in [0, 0.1) is 11.8 Å². The Kier molecular flexibility index (Phi) is 12.4. The van der Waals surface area contributed by atoms with Gasteiger partial charge < -0.3 is 37.0 Å². The number of carboxylic acids is 2. The van der Waals surface area contributed by atoms with Crippen molar-refractivity contribution in [1.29, 1.82) is 0 Å². The number of carbonyl (C=O) groups is 5. The van der Waals surface area contributed by atoms with Crippen LogP contribution < -0.4 is 21.7 Å². The first-order valence-electron chi connectivity index (χ1n) is 10.0. The van der Waals surface area contributed by atoms with Gasteiger partial charge in [0, 0.05) is 6.42 Å². The van der Waals surface area contributed by atoms with Crippen molar-refractivity contribution < 1.29 is 39.3 Å². The van der Waals surface area contributed by atoms with Gasteiger partial charge in [-0.2, -0.15) is 0 Å². The van der Waals surface area contributed by atoms with E-state index in [0.717, 1.165) is 0 Å². The molecule has 0 rings (SSSR count). The summed E-state index contributed by atoms with van der Waals surface area (Å²) in [6.45, 7) is 6.03. The van der Waals surface area contributed by atoms with Crippen LogP contribution in [0.15, 0.2) is 0 Å². The molecule has 3 amide bonds.